The van der Waals surface area contributed by atoms with Crippen molar-refractivity contribution in [3.63, 3.8) is 0 Å². The summed E-state index contributed by atoms with van der Waals surface area (Å²) < 4.78 is 36.7. The molecule has 1 amide bonds. The summed E-state index contributed by atoms with van der Waals surface area (Å²) in [7, 11) is -1.79. The molecule has 1 aromatic carbocycles. The monoisotopic (exact) mass is 384 g/mol. The van der Waals surface area contributed by atoms with Crippen LogP contribution in [0.15, 0.2) is 24.3 Å². The molecule has 26 heavy (non-hydrogen) atoms. The number of anilines is 1. The second-order valence-corrected chi connectivity index (χ2v) is 8.33. The summed E-state index contributed by atoms with van der Waals surface area (Å²) in [4.78, 5) is 12.7. The fraction of sp³-hybridized carbons (Fsp3) is 0.611. The minimum absolute atomic E-state index is 0.0737. The molecule has 1 unspecified atom stereocenters. The fourth-order valence-corrected chi connectivity index (χ4v) is 4.72. The molecule has 0 bridgehead atoms. The van der Waals surface area contributed by atoms with Crippen molar-refractivity contribution in [3.8, 4) is 5.75 Å². The first-order chi connectivity index (χ1) is 12.5. The number of carbonyl (C=O) groups excluding carboxylic acids is 1. The zero-order chi connectivity index (χ0) is 19.0. The van der Waals surface area contributed by atoms with Gasteiger partial charge in [-0.1, -0.05) is 13.3 Å². The molecule has 1 aliphatic heterocycles. The van der Waals surface area contributed by atoms with Gasteiger partial charge < -0.3 is 14.8 Å². The first kappa shape index (κ1) is 20.7. The molecule has 0 saturated carbocycles. The van der Waals surface area contributed by atoms with Gasteiger partial charge in [0.15, 0.2) is 0 Å². The molecule has 7 nitrogen and oxygen atoms in total. The zero-order valence-electron chi connectivity index (χ0n) is 15.4. The SMILES string of the molecule is CCCS(=O)(=O)N1CCCCC1C(=O)Nc1ccc(OCCOC)cc1. The first-order valence-electron chi connectivity index (χ1n) is 9.00. The van der Waals surface area contributed by atoms with Gasteiger partial charge in [0.1, 0.15) is 18.4 Å². The molecule has 8 heteroatoms. The molecule has 1 heterocycles. The Morgan fingerprint density at radius 2 is 1.96 bits per heavy atom. The van der Waals surface area contributed by atoms with E-state index in [-0.39, 0.29) is 11.7 Å². The molecular formula is C18H28N2O5S. The number of nitrogens with one attached hydrogen (secondary N) is 1. The first-order valence-corrected chi connectivity index (χ1v) is 10.6. The Labute approximate surface area is 155 Å². The average molecular weight is 384 g/mol. The maximum Gasteiger partial charge on any atom is 0.242 e. The molecule has 2 rings (SSSR count). The van der Waals surface area contributed by atoms with Crippen molar-refractivity contribution in [3.05, 3.63) is 24.3 Å². The van der Waals surface area contributed by atoms with Gasteiger partial charge in [-0.2, -0.15) is 4.31 Å². The summed E-state index contributed by atoms with van der Waals surface area (Å²) in [5, 5.41) is 2.83. The van der Waals surface area contributed by atoms with E-state index >= 15 is 0 Å². The van der Waals surface area contributed by atoms with Gasteiger partial charge in [0.25, 0.3) is 0 Å². The van der Waals surface area contributed by atoms with Crippen molar-refractivity contribution < 1.29 is 22.7 Å². The number of sulfonamides is 1. The predicted octanol–water partition coefficient (Wildman–Crippen LogP) is 2.24. The molecule has 1 saturated heterocycles. The van der Waals surface area contributed by atoms with E-state index in [9.17, 15) is 13.2 Å². The second-order valence-electron chi connectivity index (χ2n) is 6.29. The van der Waals surface area contributed by atoms with Crippen LogP contribution in [0, 0.1) is 0 Å². The highest BCUT2D eigenvalue weighted by molar-refractivity contribution is 7.89. The van der Waals surface area contributed by atoms with Crippen molar-refractivity contribution in [2.24, 2.45) is 0 Å². The lowest BCUT2D eigenvalue weighted by Crippen LogP contribution is -2.50. The number of piperidine rings is 1. The van der Waals surface area contributed by atoms with Crippen LogP contribution in [0.3, 0.4) is 0 Å². The van der Waals surface area contributed by atoms with Crippen molar-refractivity contribution in [2.45, 2.75) is 38.6 Å². The fourth-order valence-electron chi connectivity index (χ4n) is 2.98. The Morgan fingerprint density at radius 3 is 2.62 bits per heavy atom. The van der Waals surface area contributed by atoms with Crippen LogP contribution in [-0.2, 0) is 19.6 Å². The molecule has 1 N–H and O–H groups in total. The van der Waals surface area contributed by atoms with Gasteiger partial charge in [-0.25, -0.2) is 8.42 Å². The summed E-state index contributed by atoms with van der Waals surface area (Å²) in [6.07, 6.45) is 2.73. The van der Waals surface area contributed by atoms with Crippen molar-refractivity contribution in [2.75, 3.05) is 37.9 Å². The lowest BCUT2D eigenvalue weighted by molar-refractivity contribution is -0.120. The van der Waals surface area contributed by atoms with Crippen LogP contribution < -0.4 is 10.1 Å². The number of nitrogens with zero attached hydrogens (tertiary/aromatic N) is 1. The van der Waals surface area contributed by atoms with E-state index < -0.39 is 16.1 Å². The number of benzene rings is 1. The third-order valence-electron chi connectivity index (χ3n) is 4.25. The van der Waals surface area contributed by atoms with E-state index in [4.69, 9.17) is 9.47 Å². The minimum atomic E-state index is -3.40. The summed E-state index contributed by atoms with van der Waals surface area (Å²) >= 11 is 0. The largest absolute Gasteiger partial charge is 0.491 e. The normalized spacial score (nSPS) is 18.5. The molecule has 146 valence electrons. The van der Waals surface area contributed by atoms with Gasteiger partial charge >= 0.3 is 0 Å². The molecule has 0 aliphatic carbocycles. The summed E-state index contributed by atoms with van der Waals surface area (Å²) in [5.41, 5.74) is 0.618. The summed E-state index contributed by atoms with van der Waals surface area (Å²) in [5.74, 6) is 0.479. The van der Waals surface area contributed by atoms with Crippen LogP contribution in [0.1, 0.15) is 32.6 Å². The Bertz CT molecular complexity index is 675. The smallest absolute Gasteiger partial charge is 0.242 e. The predicted molar refractivity (Wildman–Crippen MR) is 101 cm³/mol. The van der Waals surface area contributed by atoms with Crippen LogP contribution in [0.5, 0.6) is 5.75 Å². The van der Waals surface area contributed by atoms with Crippen LogP contribution in [-0.4, -0.2) is 57.3 Å². The molecule has 1 aromatic rings. The summed E-state index contributed by atoms with van der Waals surface area (Å²) in [6, 6.07) is 6.37. The number of hydrogen-bond donors (Lipinski definition) is 1. The second kappa shape index (κ2) is 9.89. The van der Waals surface area contributed by atoms with E-state index in [1.54, 1.807) is 31.4 Å². The van der Waals surface area contributed by atoms with Gasteiger partial charge in [-0.15, -0.1) is 0 Å². The highest BCUT2D eigenvalue weighted by Gasteiger charge is 2.36. The molecule has 1 atom stereocenters. The Balaban J connectivity index is 2.00. The Hall–Kier alpha value is -1.64. The quantitative estimate of drug-likeness (QED) is 0.660. The van der Waals surface area contributed by atoms with E-state index in [1.165, 1.54) is 4.31 Å². The van der Waals surface area contributed by atoms with E-state index in [1.807, 2.05) is 6.92 Å². The van der Waals surface area contributed by atoms with Crippen molar-refractivity contribution in [1.82, 2.24) is 4.31 Å². The highest BCUT2D eigenvalue weighted by Crippen LogP contribution is 2.23. The molecule has 1 aliphatic rings. The number of hydrogen-bond acceptors (Lipinski definition) is 5. The van der Waals surface area contributed by atoms with Gasteiger partial charge in [0.05, 0.1) is 12.4 Å². The lowest BCUT2D eigenvalue weighted by Gasteiger charge is -2.33. The minimum Gasteiger partial charge on any atom is -0.491 e. The van der Waals surface area contributed by atoms with Crippen molar-refractivity contribution >= 4 is 21.6 Å². The zero-order valence-corrected chi connectivity index (χ0v) is 16.3. The van der Waals surface area contributed by atoms with Gasteiger partial charge in [-0.05, 0) is 43.5 Å². The maximum absolute atomic E-state index is 12.7. The standard InChI is InChI=1S/C18H28N2O5S/c1-3-14-26(22,23)20-11-5-4-6-17(20)18(21)19-15-7-9-16(10-8-15)25-13-12-24-2/h7-10,17H,3-6,11-14H2,1-2H3,(H,19,21). The van der Waals surface area contributed by atoms with E-state index in [0.29, 0.717) is 44.0 Å². The van der Waals surface area contributed by atoms with E-state index in [2.05, 4.69) is 5.32 Å². The highest BCUT2D eigenvalue weighted by atomic mass is 32.2. The van der Waals surface area contributed by atoms with Gasteiger partial charge in [0.2, 0.25) is 15.9 Å². The third kappa shape index (κ3) is 5.69. The number of ether oxygens (including phenoxy) is 2. The third-order valence-corrected chi connectivity index (χ3v) is 6.33. The van der Waals surface area contributed by atoms with Crippen LogP contribution in [0.2, 0.25) is 0 Å². The van der Waals surface area contributed by atoms with Crippen molar-refractivity contribution in [1.29, 1.82) is 0 Å². The molecular weight excluding hydrogens is 356 g/mol. The Kier molecular flexibility index (Phi) is 7.86. The van der Waals surface area contributed by atoms with Gasteiger partial charge in [0, 0.05) is 19.3 Å². The molecule has 0 aromatic heterocycles. The van der Waals surface area contributed by atoms with E-state index in [0.717, 1.165) is 12.8 Å². The van der Waals surface area contributed by atoms with Crippen LogP contribution >= 0.6 is 0 Å². The lowest BCUT2D eigenvalue weighted by atomic mass is 10.0. The number of methoxy groups -OCH3 is 1. The van der Waals surface area contributed by atoms with Gasteiger partial charge in [-0.3, -0.25) is 4.79 Å². The average Bonchev–Trinajstić information content (AvgIpc) is 2.63. The maximum atomic E-state index is 12.7. The van der Waals surface area contributed by atoms with Crippen LogP contribution in [0.25, 0.3) is 0 Å². The molecule has 0 radical (unpaired) electrons. The molecule has 0 spiro atoms. The molecule has 1 fully saturated rings. The topological polar surface area (TPSA) is 84.9 Å². The number of rotatable bonds is 9. The summed E-state index contributed by atoms with van der Waals surface area (Å²) in [6.45, 7) is 3.19. The number of carbonyl (C=O) groups is 1. The van der Waals surface area contributed by atoms with Crippen LogP contribution in [0.4, 0.5) is 5.69 Å². The Morgan fingerprint density at radius 1 is 1.23 bits per heavy atom. The number of amides is 1.